The predicted octanol–water partition coefficient (Wildman–Crippen LogP) is -3.19. The second-order valence-corrected chi connectivity index (χ2v) is 12.7. The van der Waals surface area contributed by atoms with Crippen LogP contribution in [-0.2, 0) is 47.5 Å². The van der Waals surface area contributed by atoms with Gasteiger partial charge in [-0.05, 0) is 0 Å². The molecule has 2 atom stereocenters. The summed E-state index contributed by atoms with van der Waals surface area (Å²) >= 11 is 0.923. The summed E-state index contributed by atoms with van der Waals surface area (Å²) in [6.45, 7) is 6.08. The molecule has 4 amide bonds. The van der Waals surface area contributed by atoms with E-state index < -0.39 is 41.7 Å². The normalized spacial score (nSPS) is 16.8. The molecule has 0 bridgehead atoms. The van der Waals surface area contributed by atoms with Gasteiger partial charge in [-0.1, -0.05) is 16.7 Å². The SMILES string of the molecule is C=C(O)CN1CCN(CC(=O)O)CCN(CC(=O)N[C@@H](CSOOO)C(=O)N[C@@H](CSOOO)C(=O)NCCNC(C)=O)CCN(CC(=O)O)CC1. The number of nitrogens with one attached hydrogen (secondary N) is 4. The van der Waals surface area contributed by atoms with Gasteiger partial charge in [0, 0.05) is 96.5 Å². The highest BCUT2D eigenvalue weighted by Crippen LogP contribution is 2.09. The predicted molar refractivity (Wildman–Crippen MR) is 183 cm³/mol. The van der Waals surface area contributed by atoms with E-state index in [1.165, 1.54) is 6.92 Å². The molecular weight excluding hydrogens is 740 g/mol. The van der Waals surface area contributed by atoms with Gasteiger partial charge < -0.3 is 36.6 Å². The highest BCUT2D eigenvalue weighted by molar-refractivity contribution is 7.94. The Hall–Kier alpha value is -3.34. The van der Waals surface area contributed by atoms with Gasteiger partial charge in [0.05, 0.1) is 43.4 Å². The van der Waals surface area contributed by atoms with Gasteiger partial charge in [0.1, 0.15) is 12.1 Å². The lowest BCUT2D eigenvalue weighted by molar-refractivity contribution is -0.432. The Morgan fingerprint density at radius 2 is 1.04 bits per heavy atom. The topological polar surface area (TPSA) is 302 Å². The van der Waals surface area contributed by atoms with Crippen molar-refractivity contribution in [2.24, 2.45) is 0 Å². The monoisotopic (exact) mass is 788 g/mol. The van der Waals surface area contributed by atoms with E-state index in [4.69, 9.17) is 10.5 Å². The Balaban J connectivity index is 3.13. The van der Waals surface area contributed by atoms with Gasteiger partial charge in [0.15, 0.2) is 0 Å². The van der Waals surface area contributed by atoms with Crippen molar-refractivity contribution in [1.29, 1.82) is 0 Å². The Kier molecular flexibility index (Phi) is 24.5. The first-order chi connectivity index (χ1) is 24.7. The standard InChI is InChI=1S/C27H48N8O15S2/c1-19(36)13-32-5-9-34(15-24(39)40)11-7-33(8-12-35(10-6-32)16-25(41)42)14-23(38)30-22(18-52-50-48-46)27(44)31-21(17-51-49-47-45)26(43)29-4-3-28-20(2)37/h21-22,36,45-46H,1,3-18H2,2H3,(H,28,37)(H,29,43)(H,30,38)(H,31,44)(H,39,40)(H,41,42)/t21-,22-/m0/s1. The number of hydrogen-bond donors (Lipinski definition) is 9. The van der Waals surface area contributed by atoms with Crippen molar-refractivity contribution in [3.05, 3.63) is 12.3 Å². The first-order valence-electron chi connectivity index (χ1n) is 15.7. The van der Waals surface area contributed by atoms with Gasteiger partial charge in [0.2, 0.25) is 23.6 Å². The third-order valence-corrected chi connectivity index (χ3v) is 8.38. The van der Waals surface area contributed by atoms with Crippen molar-refractivity contribution in [1.82, 2.24) is 40.9 Å². The molecule has 1 saturated heterocycles. The molecule has 1 heterocycles. The molecule has 0 saturated carbocycles. The van der Waals surface area contributed by atoms with E-state index >= 15 is 0 Å². The summed E-state index contributed by atoms with van der Waals surface area (Å²) in [5.74, 6) is -5.43. The van der Waals surface area contributed by atoms with Crippen LogP contribution < -0.4 is 21.3 Å². The van der Waals surface area contributed by atoms with Crippen molar-refractivity contribution in [2.75, 3.05) is 103 Å². The molecule has 298 valence electrons. The molecular formula is C27H48N8O15S2. The van der Waals surface area contributed by atoms with E-state index in [1.807, 2.05) is 4.90 Å². The van der Waals surface area contributed by atoms with Gasteiger partial charge in [-0.2, -0.15) is 0 Å². The summed E-state index contributed by atoms with van der Waals surface area (Å²) in [6.07, 6.45) is 0. The Labute approximate surface area is 308 Å². The van der Waals surface area contributed by atoms with Crippen LogP contribution in [0.2, 0.25) is 0 Å². The maximum atomic E-state index is 13.4. The number of hydrogen-bond acceptors (Lipinski definition) is 19. The van der Waals surface area contributed by atoms with Crippen LogP contribution in [0.1, 0.15) is 6.92 Å². The number of carbonyl (C=O) groups excluding carboxylic acids is 4. The highest BCUT2D eigenvalue weighted by Gasteiger charge is 2.29. The van der Waals surface area contributed by atoms with E-state index in [2.05, 4.69) is 46.6 Å². The molecule has 23 nitrogen and oxygen atoms in total. The van der Waals surface area contributed by atoms with E-state index in [1.54, 1.807) is 14.7 Å². The average Bonchev–Trinajstić information content (AvgIpc) is 3.06. The quantitative estimate of drug-likeness (QED) is 0.0162. The van der Waals surface area contributed by atoms with E-state index in [-0.39, 0.29) is 102 Å². The Bertz CT molecular complexity index is 1130. The van der Waals surface area contributed by atoms with Crippen LogP contribution in [0.5, 0.6) is 0 Å². The fraction of sp³-hybridized carbons (Fsp3) is 0.704. The third kappa shape index (κ3) is 22.6. The van der Waals surface area contributed by atoms with Crippen LogP contribution in [0.4, 0.5) is 0 Å². The van der Waals surface area contributed by atoms with Crippen molar-refractivity contribution in [3.8, 4) is 0 Å². The number of carboxylic acids is 2. The first kappa shape index (κ1) is 46.7. The molecule has 25 heteroatoms. The first-order valence-corrected chi connectivity index (χ1v) is 17.6. The van der Waals surface area contributed by atoms with Gasteiger partial charge in [-0.25, -0.2) is 10.5 Å². The summed E-state index contributed by atoms with van der Waals surface area (Å²) in [6, 6.07) is -2.68. The Morgan fingerprint density at radius 1 is 0.635 bits per heavy atom. The molecule has 1 aliphatic rings. The summed E-state index contributed by atoms with van der Waals surface area (Å²) in [5, 5.41) is 62.8. The van der Waals surface area contributed by atoms with Crippen LogP contribution >= 0.6 is 24.1 Å². The van der Waals surface area contributed by atoms with Gasteiger partial charge in [0.25, 0.3) is 0 Å². The molecule has 1 fully saturated rings. The zero-order valence-electron chi connectivity index (χ0n) is 28.6. The van der Waals surface area contributed by atoms with E-state index in [0.29, 0.717) is 37.2 Å². The maximum absolute atomic E-state index is 13.4. The molecule has 0 unspecified atom stereocenters. The number of aliphatic hydroxyl groups excluding tert-OH is 1. The van der Waals surface area contributed by atoms with Crippen molar-refractivity contribution in [2.45, 2.75) is 19.0 Å². The lowest BCUT2D eigenvalue weighted by atomic mass is 10.2. The molecule has 0 spiro atoms. The summed E-state index contributed by atoms with van der Waals surface area (Å²) in [7, 11) is 0. The summed E-state index contributed by atoms with van der Waals surface area (Å²) in [4.78, 5) is 80.6. The van der Waals surface area contributed by atoms with E-state index in [0.717, 1.165) is 0 Å². The number of amides is 4. The number of aliphatic carboxylic acids is 2. The molecule has 9 N–H and O–H groups in total. The molecule has 0 aliphatic carbocycles. The largest absolute Gasteiger partial charge is 0.512 e. The van der Waals surface area contributed by atoms with Gasteiger partial charge in [-0.3, -0.25) is 48.4 Å². The van der Waals surface area contributed by atoms with E-state index in [9.17, 15) is 44.1 Å². The van der Waals surface area contributed by atoms with Gasteiger partial charge in [-0.15, -0.1) is 8.67 Å². The van der Waals surface area contributed by atoms with Crippen LogP contribution in [0, 0.1) is 0 Å². The average molecular weight is 789 g/mol. The van der Waals surface area contributed by atoms with Crippen LogP contribution in [-0.4, -0.2) is 196 Å². The smallest absolute Gasteiger partial charge is 0.317 e. The maximum Gasteiger partial charge on any atom is 0.317 e. The lowest BCUT2D eigenvalue weighted by Gasteiger charge is -2.33. The molecule has 0 aromatic rings. The molecule has 52 heavy (non-hydrogen) atoms. The van der Waals surface area contributed by atoms with Crippen LogP contribution in [0.3, 0.4) is 0 Å². The lowest BCUT2D eigenvalue weighted by Crippen LogP contribution is -2.57. The molecule has 1 rings (SSSR count). The third-order valence-electron chi connectivity index (χ3n) is 7.13. The highest BCUT2D eigenvalue weighted by atomic mass is 32.2. The van der Waals surface area contributed by atoms with Crippen molar-refractivity contribution in [3.63, 3.8) is 0 Å². The minimum absolute atomic E-state index is 0.00476. The zero-order valence-corrected chi connectivity index (χ0v) is 30.2. The summed E-state index contributed by atoms with van der Waals surface area (Å²) in [5.41, 5.74) is 0. The second kappa shape index (κ2) is 27.3. The van der Waals surface area contributed by atoms with Crippen LogP contribution in [0.25, 0.3) is 0 Å². The molecule has 1 aliphatic heterocycles. The summed E-state index contributed by atoms with van der Waals surface area (Å²) < 4.78 is 8.70. The number of nitrogens with zero attached hydrogens (tertiary/aromatic N) is 4. The Morgan fingerprint density at radius 3 is 1.44 bits per heavy atom. The fourth-order valence-electron chi connectivity index (χ4n) is 4.72. The fourth-order valence-corrected chi connectivity index (χ4v) is 5.65. The van der Waals surface area contributed by atoms with Crippen molar-refractivity contribution < 1.29 is 73.3 Å². The number of rotatable bonds is 23. The molecule has 0 radical (unpaired) electrons. The number of aliphatic hydroxyl groups is 1. The zero-order chi connectivity index (χ0) is 38.9. The number of carbonyl (C=O) groups is 6. The van der Waals surface area contributed by atoms with Crippen molar-refractivity contribution >= 4 is 59.7 Å². The number of carboxylic acid groups (broad SMARTS) is 2. The van der Waals surface area contributed by atoms with Gasteiger partial charge >= 0.3 is 11.9 Å². The molecule has 0 aromatic carbocycles. The minimum Gasteiger partial charge on any atom is -0.512 e. The second-order valence-electron chi connectivity index (χ2n) is 11.3. The molecule has 0 aromatic heterocycles. The van der Waals surface area contributed by atoms with Crippen LogP contribution in [0.15, 0.2) is 12.3 Å². The minimum atomic E-state index is -1.38.